The van der Waals surface area contributed by atoms with E-state index in [2.05, 4.69) is 0 Å². The van der Waals surface area contributed by atoms with Crippen LogP contribution in [-0.2, 0) is 0 Å². The second kappa shape index (κ2) is 2.14. The third-order valence-corrected chi connectivity index (χ3v) is 2.40. The SMILES string of the molecule is N#CC1CSCC1(F)F. The van der Waals surface area contributed by atoms with Crippen molar-refractivity contribution in [1.29, 1.82) is 5.26 Å². The first-order chi connectivity index (χ1) is 4.17. The minimum Gasteiger partial charge on any atom is -0.204 e. The molecule has 1 aliphatic heterocycles. The summed E-state index contributed by atoms with van der Waals surface area (Å²) in [5.41, 5.74) is 0. The molecule has 1 aliphatic rings. The highest BCUT2D eigenvalue weighted by atomic mass is 32.2. The summed E-state index contributed by atoms with van der Waals surface area (Å²) in [5.74, 6) is -3.70. The molecule has 9 heavy (non-hydrogen) atoms. The Morgan fingerprint density at radius 1 is 1.67 bits per heavy atom. The maximum Gasteiger partial charge on any atom is 0.273 e. The second-order valence-electron chi connectivity index (χ2n) is 1.96. The molecule has 50 valence electrons. The molecule has 1 nitrogen and oxygen atoms in total. The van der Waals surface area contributed by atoms with Crippen LogP contribution in [-0.4, -0.2) is 17.4 Å². The summed E-state index contributed by atoms with van der Waals surface area (Å²) < 4.78 is 24.7. The summed E-state index contributed by atoms with van der Waals surface area (Å²) in [4.78, 5) is 0. The van der Waals surface area contributed by atoms with Gasteiger partial charge in [0.25, 0.3) is 5.92 Å². The van der Waals surface area contributed by atoms with E-state index in [9.17, 15) is 8.78 Å². The predicted octanol–water partition coefficient (Wildman–Crippen LogP) is 1.51. The molecule has 0 saturated carbocycles. The lowest BCUT2D eigenvalue weighted by Crippen LogP contribution is -2.24. The topological polar surface area (TPSA) is 23.8 Å². The van der Waals surface area contributed by atoms with Crippen LogP contribution in [0.2, 0.25) is 0 Å². The molecule has 0 N–H and O–H groups in total. The minimum atomic E-state index is -2.74. The molecular formula is C5H5F2NS. The summed E-state index contributed by atoms with van der Waals surface area (Å²) in [7, 11) is 0. The van der Waals surface area contributed by atoms with E-state index >= 15 is 0 Å². The highest BCUT2D eigenvalue weighted by Gasteiger charge is 2.44. The third-order valence-electron chi connectivity index (χ3n) is 1.24. The van der Waals surface area contributed by atoms with Crippen LogP contribution in [0.25, 0.3) is 0 Å². The van der Waals surface area contributed by atoms with E-state index in [1.165, 1.54) is 0 Å². The first kappa shape index (κ1) is 6.81. The fraction of sp³-hybridized carbons (Fsp3) is 0.800. The van der Waals surface area contributed by atoms with E-state index in [4.69, 9.17) is 5.26 Å². The van der Waals surface area contributed by atoms with Crippen LogP contribution in [0.4, 0.5) is 8.78 Å². The van der Waals surface area contributed by atoms with Crippen molar-refractivity contribution in [1.82, 2.24) is 0 Å². The number of rotatable bonds is 0. The van der Waals surface area contributed by atoms with E-state index in [-0.39, 0.29) is 11.5 Å². The first-order valence-corrected chi connectivity index (χ1v) is 3.67. The van der Waals surface area contributed by atoms with Crippen LogP contribution in [0, 0.1) is 17.2 Å². The van der Waals surface area contributed by atoms with E-state index in [1.54, 1.807) is 6.07 Å². The van der Waals surface area contributed by atoms with Gasteiger partial charge in [-0.3, -0.25) is 0 Å². The van der Waals surface area contributed by atoms with Crippen molar-refractivity contribution < 1.29 is 8.78 Å². The Balaban J connectivity index is 2.65. The Morgan fingerprint density at radius 3 is 2.56 bits per heavy atom. The number of halogens is 2. The average Bonchev–Trinajstić information content (AvgIpc) is 2.08. The molecule has 0 bridgehead atoms. The molecule has 0 radical (unpaired) electrons. The molecule has 1 fully saturated rings. The Hall–Kier alpha value is -0.300. The molecule has 0 aromatic heterocycles. The van der Waals surface area contributed by atoms with Crippen LogP contribution < -0.4 is 0 Å². The number of hydrogen-bond donors (Lipinski definition) is 0. The van der Waals surface area contributed by atoms with Crippen LogP contribution in [0.15, 0.2) is 0 Å². The van der Waals surface area contributed by atoms with Crippen molar-refractivity contribution >= 4 is 11.8 Å². The Bertz CT molecular complexity index is 152. The van der Waals surface area contributed by atoms with Gasteiger partial charge in [0, 0.05) is 5.75 Å². The summed E-state index contributed by atoms with van der Waals surface area (Å²) >= 11 is 1.14. The van der Waals surface area contributed by atoms with Gasteiger partial charge < -0.3 is 0 Å². The van der Waals surface area contributed by atoms with Gasteiger partial charge in [-0.2, -0.15) is 17.0 Å². The van der Waals surface area contributed by atoms with E-state index in [0.29, 0.717) is 0 Å². The zero-order valence-corrected chi connectivity index (χ0v) is 5.42. The molecular weight excluding hydrogens is 144 g/mol. The van der Waals surface area contributed by atoms with Gasteiger partial charge in [0.2, 0.25) is 0 Å². The first-order valence-electron chi connectivity index (χ1n) is 2.52. The van der Waals surface area contributed by atoms with Crippen molar-refractivity contribution in [3.8, 4) is 6.07 Å². The van der Waals surface area contributed by atoms with Crippen LogP contribution in [0.1, 0.15) is 0 Å². The third kappa shape index (κ3) is 1.16. The van der Waals surface area contributed by atoms with Crippen LogP contribution in [0.3, 0.4) is 0 Å². The molecule has 4 heteroatoms. The fourth-order valence-electron chi connectivity index (χ4n) is 0.667. The van der Waals surface area contributed by atoms with Crippen molar-refractivity contribution in [3.05, 3.63) is 0 Å². The second-order valence-corrected chi connectivity index (χ2v) is 2.99. The summed E-state index contributed by atoms with van der Waals surface area (Å²) in [6.07, 6.45) is 0. The Kier molecular flexibility index (Phi) is 1.62. The quantitative estimate of drug-likeness (QED) is 0.521. The highest BCUT2D eigenvalue weighted by molar-refractivity contribution is 7.99. The predicted molar refractivity (Wildman–Crippen MR) is 31.4 cm³/mol. The van der Waals surface area contributed by atoms with Gasteiger partial charge in [-0.1, -0.05) is 0 Å². The maximum absolute atomic E-state index is 12.4. The lowest BCUT2D eigenvalue weighted by molar-refractivity contribution is 0.00248. The van der Waals surface area contributed by atoms with Gasteiger partial charge in [0.15, 0.2) is 0 Å². The van der Waals surface area contributed by atoms with E-state index < -0.39 is 11.8 Å². The molecule has 1 saturated heterocycles. The standard InChI is InChI=1S/C5H5F2NS/c6-5(7)3-9-2-4(5)1-8/h4H,2-3H2. The minimum absolute atomic E-state index is 0.189. The number of nitrogens with zero attached hydrogens (tertiary/aromatic N) is 1. The molecule has 1 unspecified atom stereocenters. The van der Waals surface area contributed by atoms with Crippen LogP contribution in [0.5, 0.6) is 0 Å². The van der Waals surface area contributed by atoms with Crippen molar-refractivity contribution in [3.63, 3.8) is 0 Å². The molecule has 0 amide bonds. The highest BCUT2D eigenvalue weighted by Crippen LogP contribution is 2.37. The van der Waals surface area contributed by atoms with Crippen molar-refractivity contribution in [2.75, 3.05) is 11.5 Å². The largest absolute Gasteiger partial charge is 0.273 e. The summed E-state index contributed by atoms with van der Waals surface area (Å²) in [5, 5.41) is 8.16. The zero-order chi connectivity index (χ0) is 6.91. The van der Waals surface area contributed by atoms with Crippen LogP contribution >= 0.6 is 11.8 Å². The van der Waals surface area contributed by atoms with E-state index in [0.717, 1.165) is 11.8 Å². The van der Waals surface area contributed by atoms with Crippen molar-refractivity contribution in [2.45, 2.75) is 5.92 Å². The summed E-state index contributed by atoms with van der Waals surface area (Å²) in [6.45, 7) is 0. The average molecular weight is 149 g/mol. The molecule has 1 atom stereocenters. The molecule has 1 heterocycles. The van der Waals surface area contributed by atoms with E-state index in [1.807, 2.05) is 0 Å². The zero-order valence-electron chi connectivity index (χ0n) is 4.60. The van der Waals surface area contributed by atoms with Gasteiger partial charge in [0.05, 0.1) is 11.8 Å². The van der Waals surface area contributed by atoms with Gasteiger partial charge in [0.1, 0.15) is 5.92 Å². The van der Waals surface area contributed by atoms with Gasteiger partial charge in [-0.25, -0.2) is 8.78 Å². The number of nitriles is 1. The molecule has 0 spiro atoms. The fourth-order valence-corrected chi connectivity index (χ4v) is 1.81. The molecule has 1 rings (SSSR count). The monoisotopic (exact) mass is 149 g/mol. The number of alkyl halides is 2. The molecule has 0 aromatic rings. The normalized spacial score (nSPS) is 31.9. The smallest absolute Gasteiger partial charge is 0.204 e. The van der Waals surface area contributed by atoms with Gasteiger partial charge in [-0.05, 0) is 0 Å². The number of hydrogen-bond acceptors (Lipinski definition) is 2. The maximum atomic E-state index is 12.4. The molecule has 0 aliphatic carbocycles. The Labute approximate surface area is 56.0 Å². The summed E-state index contributed by atoms with van der Waals surface area (Å²) in [6, 6.07) is 1.58. The Morgan fingerprint density at radius 2 is 2.33 bits per heavy atom. The lowest BCUT2D eigenvalue weighted by atomic mass is 10.1. The number of thioether (sulfide) groups is 1. The van der Waals surface area contributed by atoms with Crippen molar-refractivity contribution in [2.24, 2.45) is 5.92 Å². The molecule has 0 aromatic carbocycles. The van der Waals surface area contributed by atoms with Gasteiger partial charge >= 0.3 is 0 Å². The van der Waals surface area contributed by atoms with Gasteiger partial charge in [-0.15, -0.1) is 0 Å². The lowest BCUT2D eigenvalue weighted by Gasteiger charge is -2.08.